The number of hydrogen-bond donors (Lipinski definition) is 0. The summed E-state index contributed by atoms with van der Waals surface area (Å²) in [6.07, 6.45) is 12.9. The number of likely N-dealkylation sites (tertiary alicyclic amines) is 2. The van der Waals surface area contributed by atoms with Crippen LogP contribution in [0.1, 0.15) is 96.8 Å². The van der Waals surface area contributed by atoms with Gasteiger partial charge < -0.3 is 0 Å². The van der Waals surface area contributed by atoms with Gasteiger partial charge in [0.05, 0.1) is 23.7 Å². The van der Waals surface area contributed by atoms with Crippen molar-refractivity contribution in [2.45, 2.75) is 103 Å². The highest BCUT2D eigenvalue weighted by Gasteiger charge is 2.55. The average Bonchev–Trinajstić information content (AvgIpc) is 3.32. The van der Waals surface area contributed by atoms with Crippen molar-refractivity contribution in [1.82, 2.24) is 9.80 Å². The number of nitrogens with zero attached hydrogens (tertiary/aromatic N) is 2. The van der Waals surface area contributed by atoms with Crippen LogP contribution in [0.3, 0.4) is 0 Å². The van der Waals surface area contributed by atoms with Gasteiger partial charge in [0.2, 0.25) is 23.6 Å². The van der Waals surface area contributed by atoms with Crippen molar-refractivity contribution in [2.75, 3.05) is 7.05 Å². The second-order valence-corrected chi connectivity index (χ2v) is 13.7. The number of Topliss-reactive ketones (excluding diaryl/α,β-unsaturated/α-hetero) is 1. The third kappa shape index (κ3) is 4.36. The summed E-state index contributed by atoms with van der Waals surface area (Å²) in [5, 5.41) is 0. The molecule has 6 unspecified atom stereocenters. The van der Waals surface area contributed by atoms with Crippen molar-refractivity contribution < 1.29 is 24.0 Å². The molecule has 6 rings (SSSR count). The molecule has 0 N–H and O–H groups in total. The van der Waals surface area contributed by atoms with E-state index in [1.54, 1.807) is 11.9 Å². The van der Waals surface area contributed by atoms with Crippen LogP contribution < -0.4 is 0 Å². The van der Waals surface area contributed by atoms with E-state index in [1.165, 1.54) is 30.6 Å². The number of carbonyl (C=O) groups is 5. The molecular weight excluding hydrogens is 480 g/mol. The molecule has 0 aromatic carbocycles. The van der Waals surface area contributed by atoms with Crippen molar-refractivity contribution in [3.63, 3.8) is 0 Å². The van der Waals surface area contributed by atoms with Crippen LogP contribution in [-0.2, 0) is 24.0 Å². The first-order valence-corrected chi connectivity index (χ1v) is 15.5. The maximum Gasteiger partial charge on any atom is 0.233 e. The molecule has 4 aliphatic carbocycles. The molecule has 7 nitrogen and oxygen atoms in total. The number of hydrogen-bond acceptors (Lipinski definition) is 5. The standard InChI is InChI=1S/C31H44N2O5/c1-17-3-5-18(6-4-17)19-7-11-22(12-8-19)33-30(37)24-14-10-21(16-26(24)31(33)38)27(34)20-9-13-23-25(15-20)29(36)32(2)28(23)35/h17-26H,3-16H2,1-2H3. The Hall–Kier alpha value is -2.05. The smallest absolute Gasteiger partial charge is 0.233 e. The van der Waals surface area contributed by atoms with E-state index in [1.807, 2.05) is 0 Å². The summed E-state index contributed by atoms with van der Waals surface area (Å²) in [7, 11) is 1.54. The molecule has 38 heavy (non-hydrogen) atoms. The van der Waals surface area contributed by atoms with E-state index in [-0.39, 0.29) is 71.0 Å². The van der Waals surface area contributed by atoms with Gasteiger partial charge >= 0.3 is 0 Å². The monoisotopic (exact) mass is 524 g/mol. The van der Waals surface area contributed by atoms with E-state index >= 15 is 0 Å². The molecule has 0 aromatic rings. The summed E-state index contributed by atoms with van der Waals surface area (Å²) in [4.78, 5) is 68.3. The molecule has 2 saturated heterocycles. The highest BCUT2D eigenvalue weighted by molar-refractivity contribution is 6.06. The molecule has 6 fully saturated rings. The second-order valence-electron chi connectivity index (χ2n) is 13.7. The quantitative estimate of drug-likeness (QED) is 0.509. The van der Waals surface area contributed by atoms with E-state index < -0.39 is 0 Å². The lowest BCUT2D eigenvalue weighted by molar-refractivity contribution is -0.144. The topological polar surface area (TPSA) is 91.8 Å². The summed E-state index contributed by atoms with van der Waals surface area (Å²) >= 11 is 0. The minimum Gasteiger partial charge on any atom is -0.299 e. The van der Waals surface area contributed by atoms with Gasteiger partial charge in [-0.15, -0.1) is 0 Å². The molecule has 4 amide bonds. The number of fused-ring (bicyclic) bond motifs is 2. The maximum absolute atomic E-state index is 13.6. The fourth-order valence-electron chi connectivity index (χ4n) is 9.35. The van der Waals surface area contributed by atoms with Crippen LogP contribution in [0.15, 0.2) is 0 Å². The van der Waals surface area contributed by atoms with Gasteiger partial charge in [-0.1, -0.05) is 19.8 Å². The Kier molecular flexibility index (Phi) is 7.01. The zero-order chi connectivity index (χ0) is 26.7. The Balaban J connectivity index is 1.06. The molecule has 208 valence electrons. The predicted octanol–water partition coefficient (Wildman–Crippen LogP) is 4.37. The number of amides is 4. The van der Waals surface area contributed by atoms with Gasteiger partial charge in [-0.05, 0) is 94.8 Å². The lowest BCUT2D eigenvalue weighted by atomic mass is 9.67. The van der Waals surface area contributed by atoms with E-state index in [0.29, 0.717) is 38.5 Å². The lowest BCUT2D eigenvalue weighted by Crippen LogP contribution is -2.43. The zero-order valence-corrected chi connectivity index (χ0v) is 23.1. The summed E-state index contributed by atoms with van der Waals surface area (Å²) in [5.74, 6) is 0.584. The normalized spacial score (nSPS) is 43.8. The molecule has 0 bridgehead atoms. The third-order valence-electron chi connectivity index (χ3n) is 11.7. The Morgan fingerprint density at radius 1 is 0.579 bits per heavy atom. The third-order valence-corrected chi connectivity index (χ3v) is 11.7. The number of ketones is 1. The van der Waals surface area contributed by atoms with Crippen LogP contribution >= 0.6 is 0 Å². The summed E-state index contributed by atoms with van der Waals surface area (Å²) in [5.41, 5.74) is 0. The zero-order valence-electron chi connectivity index (χ0n) is 23.1. The van der Waals surface area contributed by atoms with Crippen molar-refractivity contribution >= 4 is 29.4 Å². The minimum atomic E-state index is -0.371. The van der Waals surface area contributed by atoms with Gasteiger partial charge in [-0.3, -0.25) is 33.8 Å². The molecule has 0 radical (unpaired) electrons. The Labute approximate surface area is 226 Å². The van der Waals surface area contributed by atoms with E-state index in [2.05, 4.69) is 6.92 Å². The molecule has 0 aromatic heterocycles. The Morgan fingerprint density at radius 2 is 1.03 bits per heavy atom. The first kappa shape index (κ1) is 26.2. The average molecular weight is 525 g/mol. The summed E-state index contributed by atoms with van der Waals surface area (Å²) in [6.45, 7) is 2.36. The van der Waals surface area contributed by atoms with Gasteiger partial charge in [0, 0.05) is 24.9 Å². The Bertz CT molecular complexity index is 1010. The van der Waals surface area contributed by atoms with Crippen LogP contribution in [-0.4, -0.2) is 52.3 Å². The van der Waals surface area contributed by atoms with Crippen molar-refractivity contribution in [3.05, 3.63) is 0 Å². The molecular formula is C31H44N2O5. The van der Waals surface area contributed by atoms with Crippen molar-refractivity contribution in [2.24, 2.45) is 53.3 Å². The number of rotatable bonds is 4. The molecule has 0 spiro atoms. The molecule has 7 heteroatoms. The maximum atomic E-state index is 13.6. The van der Waals surface area contributed by atoms with Crippen molar-refractivity contribution in [1.29, 1.82) is 0 Å². The fourth-order valence-corrected chi connectivity index (χ4v) is 9.35. The first-order chi connectivity index (χ1) is 18.2. The SMILES string of the molecule is CC1CCC(C2CCC(N3C(=O)C4CCC(C(=O)C5CCC6C(=O)N(C)C(=O)C6C5)CC4C3=O)CC2)CC1. The molecule has 4 saturated carbocycles. The molecule has 6 atom stereocenters. The van der Waals surface area contributed by atoms with E-state index in [4.69, 9.17) is 0 Å². The summed E-state index contributed by atoms with van der Waals surface area (Å²) < 4.78 is 0. The largest absolute Gasteiger partial charge is 0.299 e. The van der Waals surface area contributed by atoms with Gasteiger partial charge in [0.1, 0.15) is 5.78 Å². The van der Waals surface area contributed by atoms with Gasteiger partial charge in [-0.25, -0.2) is 0 Å². The highest BCUT2D eigenvalue weighted by atomic mass is 16.2. The van der Waals surface area contributed by atoms with Crippen LogP contribution in [0.2, 0.25) is 0 Å². The summed E-state index contributed by atoms with van der Waals surface area (Å²) in [6, 6.07) is 0.0340. The second kappa shape index (κ2) is 10.2. The van der Waals surface area contributed by atoms with Crippen molar-refractivity contribution in [3.8, 4) is 0 Å². The van der Waals surface area contributed by atoms with Crippen LogP contribution in [0.5, 0.6) is 0 Å². The molecule has 2 aliphatic heterocycles. The lowest BCUT2D eigenvalue weighted by Gasteiger charge is -2.39. The van der Waals surface area contributed by atoms with Crippen LogP contribution in [0, 0.1) is 53.3 Å². The van der Waals surface area contributed by atoms with Crippen LogP contribution in [0.4, 0.5) is 0 Å². The highest BCUT2D eigenvalue weighted by Crippen LogP contribution is 2.48. The van der Waals surface area contributed by atoms with E-state index in [0.717, 1.165) is 43.4 Å². The van der Waals surface area contributed by atoms with Gasteiger partial charge in [-0.2, -0.15) is 0 Å². The first-order valence-electron chi connectivity index (χ1n) is 15.5. The van der Waals surface area contributed by atoms with Gasteiger partial charge in [0.25, 0.3) is 0 Å². The van der Waals surface area contributed by atoms with Crippen LogP contribution in [0.25, 0.3) is 0 Å². The fraction of sp³-hybridized carbons (Fsp3) is 0.839. The number of carbonyl (C=O) groups excluding carboxylic acids is 5. The Morgan fingerprint density at radius 3 is 1.61 bits per heavy atom. The molecule has 6 aliphatic rings. The predicted molar refractivity (Wildman–Crippen MR) is 140 cm³/mol. The van der Waals surface area contributed by atoms with E-state index in [9.17, 15) is 24.0 Å². The molecule has 2 heterocycles. The number of imide groups is 2. The minimum absolute atomic E-state index is 0.0134. The van der Waals surface area contributed by atoms with Gasteiger partial charge in [0.15, 0.2) is 0 Å².